The van der Waals surface area contributed by atoms with Crippen molar-refractivity contribution < 1.29 is 8.42 Å². The van der Waals surface area contributed by atoms with E-state index >= 15 is 0 Å². The number of nitrogens with one attached hydrogen (secondary N) is 1. The molecule has 0 saturated carbocycles. The van der Waals surface area contributed by atoms with Gasteiger partial charge in [0.2, 0.25) is 10.0 Å². The SMILES string of the molecule is CCCCC(C)NS(=O)(=O)c1cc(Cl)cc(N)c1C. The van der Waals surface area contributed by atoms with Crippen LogP contribution in [0.3, 0.4) is 0 Å². The van der Waals surface area contributed by atoms with Crippen LogP contribution >= 0.6 is 11.6 Å². The Kier molecular flexibility index (Phi) is 5.64. The standard InChI is InChI=1S/C13H21ClN2O2S/c1-4-5-6-9(2)16-19(17,18)13-8-11(14)7-12(15)10(13)3/h7-9,16H,4-6,15H2,1-3H3. The Balaban J connectivity index is 3.01. The van der Waals surface area contributed by atoms with Gasteiger partial charge in [0.15, 0.2) is 0 Å². The van der Waals surface area contributed by atoms with Gasteiger partial charge < -0.3 is 5.73 Å². The van der Waals surface area contributed by atoms with Crippen molar-refractivity contribution in [2.24, 2.45) is 0 Å². The van der Waals surface area contributed by atoms with Crippen LogP contribution in [0.15, 0.2) is 17.0 Å². The molecule has 1 atom stereocenters. The average molecular weight is 305 g/mol. The van der Waals surface area contributed by atoms with Crippen molar-refractivity contribution >= 4 is 27.3 Å². The van der Waals surface area contributed by atoms with Crippen LogP contribution in [0.25, 0.3) is 0 Å². The lowest BCUT2D eigenvalue weighted by atomic mass is 10.2. The Hall–Kier alpha value is -0.780. The van der Waals surface area contributed by atoms with Gasteiger partial charge >= 0.3 is 0 Å². The summed E-state index contributed by atoms with van der Waals surface area (Å²) < 4.78 is 27.3. The Morgan fingerprint density at radius 1 is 1.42 bits per heavy atom. The second-order valence-corrected chi connectivity index (χ2v) is 6.90. The van der Waals surface area contributed by atoms with Crippen LogP contribution in [-0.4, -0.2) is 14.5 Å². The van der Waals surface area contributed by atoms with Gasteiger partial charge in [-0.15, -0.1) is 0 Å². The van der Waals surface area contributed by atoms with Crippen LogP contribution in [-0.2, 0) is 10.0 Å². The zero-order chi connectivity index (χ0) is 14.6. The fraction of sp³-hybridized carbons (Fsp3) is 0.538. The molecule has 1 unspecified atom stereocenters. The van der Waals surface area contributed by atoms with E-state index in [1.807, 2.05) is 6.92 Å². The van der Waals surface area contributed by atoms with Crippen molar-refractivity contribution in [3.05, 3.63) is 22.7 Å². The first-order valence-electron chi connectivity index (χ1n) is 6.36. The van der Waals surface area contributed by atoms with Crippen molar-refractivity contribution in [2.45, 2.75) is 51.0 Å². The van der Waals surface area contributed by atoms with E-state index in [1.165, 1.54) is 6.07 Å². The summed E-state index contributed by atoms with van der Waals surface area (Å²) in [7, 11) is -3.58. The van der Waals surface area contributed by atoms with Gasteiger partial charge in [0, 0.05) is 16.8 Å². The van der Waals surface area contributed by atoms with Gasteiger partial charge in [-0.2, -0.15) is 0 Å². The van der Waals surface area contributed by atoms with Gasteiger partial charge in [-0.3, -0.25) is 0 Å². The summed E-state index contributed by atoms with van der Waals surface area (Å²) in [6.45, 7) is 5.61. The van der Waals surface area contributed by atoms with Crippen molar-refractivity contribution in [2.75, 3.05) is 5.73 Å². The number of halogens is 1. The molecule has 3 N–H and O–H groups in total. The number of rotatable bonds is 6. The van der Waals surface area contributed by atoms with Crippen LogP contribution in [0.5, 0.6) is 0 Å². The highest BCUT2D eigenvalue weighted by molar-refractivity contribution is 7.89. The van der Waals surface area contributed by atoms with E-state index in [-0.39, 0.29) is 10.9 Å². The van der Waals surface area contributed by atoms with Crippen LogP contribution in [0.4, 0.5) is 5.69 Å². The zero-order valence-corrected chi connectivity index (χ0v) is 13.1. The van der Waals surface area contributed by atoms with Crippen molar-refractivity contribution in [3.8, 4) is 0 Å². The predicted molar refractivity (Wildman–Crippen MR) is 79.9 cm³/mol. The minimum absolute atomic E-state index is 0.107. The molecule has 4 nitrogen and oxygen atoms in total. The molecular formula is C13H21ClN2O2S. The minimum Gasteiger partial charge on any atom is -0.398 e. The summed E-state index contributed by atoms with van der Waals surface area (Å²) >= 11 is 5.88. The van der Waals surface area contributed by atoms with E-state index in [0.717, 1.165) is 19.3 Å². The minimum atomic E-state index is -3.58. The number of nitrogen functional groups attached to an aromatic ring is 1. The summed E-state index contributed by atoms with van der Waals surface area (Å²) in [5.74, 6) is 0. The second-order valence-electron chi connectivity index (χ2n) is 4.78. The quantitative estimate of drug-likeness (QED) is 0.793. The molecule has 0 radical (unpaired) electrons. The highest BCUT2D eigenvalue weighted by Gasteiger charge is 2.21. The molecule has 0 bridgehead atoms. The monoisotopic (exact) mass is 304 g/mol. The molecule has 1 aromatic rings. The Labute approximate surface area is 120 Å². The lowest BCUT2D eigenvalue weighted by Gasteiger charge is -2.16. The fourth-order valence-electron chi connectivity index (χ4n) is 1.85. The summed E-state index contributed by atoms with van der Waals surface area (Å²) in [4.78, 5) is 0.154. The number of unbranched alkanes of at least 4 members (excludes halogenated alkanes) is 1. The molecule has 19 heavy (non-hydrogen) atoms. The lowest BCUT2D eigenvalue weighted by molar-refractivity contribution is 0.534. The largest absolute Gasteiger partial charge is 0.398 e. The fourth-order valence-corrected chi connectivity index (χ4v) is 3.72. The molecule has 0 aromatic heterocycles. The van der Waals surface area contributed by atoms with E-state index in [0.29, 0.717) is 16.3 Å². The van der Waals surface area contributed by atoms with Gasteiger partial charge in [0.25, 0.3) is 0 Å². The van der Waals surface area contributed by atoms with Crippen molar-refractivity contribution in [3.63, 3.8) is 0 Å². The van der Waals surface area contributed by atoms with E-state index in [4.69, 9.17) is 17.3 Å². The summed E-state index contributed by atoms with van der Waals surface area (Å²) in [5, 5.41) is 0.324. The maximum absolute atomic E-state index is 12.3. The zero-order valence-electron chi connectivity index (χ0n) is 11.5. The third kappa shape index (κ3) is 4.37. The molecule has 1 rings (SSSR count). The molecule has 0 heterocycles. The molecule has 0 fully saturated rings. The number of sulfonamides is 1. The first-order valence-corrected chi connectivity index (χ1v) is 8.22. The number of nitrogens with two attached hydrogens (primary N) is 1. The molecule has 0 aliphatic rings. The topological polar surface area (TPSA) is 72.2 Å². The highest BCUT2D eigenvalue weighted by atomic mass is 35.5. The predicted octanol–water partition coefficient (Wildman–Crippen LogP) is 3.09. The summed E-state index contributed by atoms with van der Waals surface area (Å²) in [6, 6.07) is 2.88. The summed E-state index contributed by atoms with van der Waals surface area (Å²) in [6.07, 6.45) is 2.83. The molecule has 6 heteroatoms. The van der Waals surface area contributed by atoms with Crippen LogP contribution in [0.1, 0.15) is 38.7 Å². The first-order chi connectivity index (χ1) is 8.77. The maximum atomic E-state index is 12.3. The Bertz CT molecular complexity index is 544. The third-order valence-corrected chi connectivity index (χ3v) is 4.94. The number of hydrogen-bond acceptors (Lipinski definition) is 3. The smallest absolute Gasteiger partial charge is 0.241 e. The van der Waals surface area contributed by atoms with Crippen molar-refractivity contribution in [1.29, 1.82) is 0 Å². The van der Waals surface area contributed by atoms with Gasteiger partial charge in [0.05, 0.1) is 4.90 Å². The molecular weight excluding hydrogens is 284 g/mol. The molecule has 0 saturated heterocycles. The van der Waals surface area contributed by atoms with Crippen LogP contribution in [0, 0.1) is 6.92 Å². The van der Waals surface area contributed by atoms with Crippen LogP contribution < -0.4 is 10.5 Å². The Morgan fingerprint density at radius 3 is 2.63 bits per heavy atom. The van der Waals surface area contributed by atoms with E-state index in [2.05, 4.69) is 11.6 Å². The second kappa shape index (κ2) is 6.59. The lowest BCUT2D eigenvalue weighted by Crippen LogP contribution is -2.33. The molecule has 0 aliphatic carbocycles. The van der Waals surface area contributed by atoms with E-state index in [1.54, 1.807) is 13.0 Å². The first kappa shape index (κ1) is 16.3. The van der Waals surface area contributed by atoms with E-state index < -0.39 is 10.0 Å². The van der Waals surface area contributed by atoms with Gasteiger partial charge in [-0.1, -0.05) is 31.4 Å². The summed E-state index contributed by atoms with van der Waals surface area (Å²) in [5.41, 5.74) is 6.66. The molecule has 0 amide bonds. The maximum Gasteiger partial charge on any atom is 0.241 e. The average Bonchev–Trinajstić information content (AvgIpc) is 2.30. The number of anilines is 1. The van der Waals surface area contributed by atoms with Gasteiger partial charge in [-0.25, -0.2) is 13.1 Å². The van der Waals surface area contributed by atoms with Gasteiger partial charge in [0.1, 0.15) is 0 Å². The van der Waals surface area contributed by atoms with Gasteiger partial charge in [-0.05, 0) is 38.0 Å². The van der Waals surface area contributed by atoms with Crippen LogP contribution in [0.2, 0.25) is 5.02 Å². The number of hydrogen-bond donors (Lipinski definition) is 2. The number of benzene rings is 1. The molecule has 0 aliphatic heterocycles. The molecule has 108 valence electrons. The Morgan fingerprint density at radius 2 is 2.05 bits per heavy atom. The molecule has 1 aromatic carbocycles. The van der Waals surface area contributed by atoms with Crippen molar-refractivity contribution in [1.82, 2.24) is 4.72 Å². The highest BCUT2D eigenvalue weighted by Crippen LogP contribution is 2.26. The molecule has 0 spiro atoms. The third-order valence-electron chi connectivity index (χ3n) is 3.00. The normalized spacial score (nSPS) is 13.5. The van der Waals surface area contributed by atoms with E-state index in [9.17, 15) is 8.42 Å².